The number of rotatable bonds is 6. The minimum absolute atomic E-state index is 0.0742. The maximum Gasteiger partial charge on any atom is 0.337 e. The van der Waals surface area contributed by atoms with Crippen molar-refractivity contribution < 1.29 is 19.1 Å². The molecule has 4 heteroatoms. The van der Waals surface area contributed by atoms with E-state index in [0.717, 1.165) is 11.1 Å². The second kappa shape index (κ2) is 7.36. The zero-order valence-electron chi connectivity index (χ0n) is 11.4. The van der Waals surface area contributed by atoms with E-state index in [1.165, 1.54) is 19.4 Å². The Morgan fingerprint density at radius 3 is 2.63 bits per heavy atom. The Bertz CT molecular complexity index is 489. The van der Waals surface area contributed by atoms with Gasteiger partial charge >= 0.3 is 5.97 Å². The van der Waals surface area contributed by atoms with Crippen LogP contribution < -0.4 is 0 Å². The van der Waals surface area contributed by atoms with Crippen LogP contribution in [-0.2, 0) is 20.7 Å². The smallest absolute Gasteiger partial charge is 0.337 e. The molecular weight excluding hydrogens is 244 g/mol. The van der Waals surface area contributed by atoms with E-state index in [-0.39, 0.29) is 12.2 Å². The van der Waals surface area contributed by atoms with Gasteiger partial charge in [0.1, 0.15) is 0 Å². The molecule has 0 bridgehead atoms. The average molecular weight is 262 g/mol. The first-order valence-electron chi connectivity index (χ1n) is 6.06. The van der Waals surface area contributed by atoms with Gasteiger partial charge in [0.05, 0.1) is 25.5 Å². The molecule has 0 radical (unpaired) electrons. The van der Waals surface area contributed by atoms with Gasteiger partial charge in [-0.2, -0.15) is 0 Å². The van der Waals surface area contributed by atoms with Crippen molar-refractivity contribution in [1.29, 1.82) is 0 Å². The number of allylic oxidation sites excluding steroid dienone is 1. The summed E-state index contributed by atoms with van der Waals surface area (Å²) in [6, 6.07) is 5.28. The summed E-state index contributed by atoms with van der Waals surface area (Å²) in [6.45, 7) is 4.25. The maximum absolute atomic E-state index is 11.7. The topological polar surface area (TPSA) is 52.6 Å². The Labute approximate surface area is 113 Å². The van der Waals surface area contributed by atoms with Gasteiger partial charge in [-0.15, -0.1) is 0 Å². The van der Waals surface area contributed by atoms with Crippen molar-refractivity contribution >= 4 is 11.8 Å². The van der Waals surface area contributed by atoms with Crippen LogP contribution in [0.5, 0.6) is 0 Å². The minimum Gasteiger partial charge on any atom is -0.501 e. The third-order valence-corrected chi connectivity index (χ3v) is 2.45. The third-order valence-electron chi connectivity index (χ3n) is 2.45. The molecule has 0 atom stereocenters. The normalized spacial score (nSPS) is 10.5. The Hall–Kier alpha value is -2.10. The predicted molar refractivity (Wildman–Crippen MR) is 72.0 cm³/mol. The summed E-state index contributed by atoms with van der Waals surface area (Å²) < 4.78 is 9.64. The number of ketones is 1. The quantitative estimate of drug-likeness (QED) is 0.449. The molecule has 0 spiro atoms. The number of ether oxygens (including phenoxy) is 2. The van der Waals surface area contributed by atoms with Crippen LogP contribution in [-0.4, -0.2) is 25.5 Å². The second-order valence-corrected chi connectivity index (χ2v) is 4.10. The summed E-state index contributed by atoms with van der Waals surface area (Å²) in [6.07, 6.45) is 3.01. The molecule has 0 saturated heterocycles. The van der Waals surface area contributed by atoms with Gasteiger partial charge < -0.3 is 9.47 Å². The summed E-state index contributed by atoms with van der Waals surface area (Å²) >= 11 is 0. The van der Waals surface area contributed by atoms with Crippen molar-refractivity contribution in [2.24, 2.45) is 0 Å². The molecule has 0 saturated carbocycles. The monoisotopic (exact) mass is 262 g/mol. The number of carbonyl (C=O) groups is 2. The maximum atomic E-state index is 11.7. The average Bonchev–Trinajstić information content (AvgIpc) is 2.37. The van der Waals surface area contributed by atoms with E-state index in [0.29, 0.717) is 12.2 Å². The summed E-state index contributed by atoms with van der Waals surface area (Å²) in [5.74, 6) is -0.475. The molecule has 0 N–H and O–H groups in total. The third kappa shape index (κ3) is 4.95. The standard InChI is InChI=1S/C15H18O4/c1-4-19-6-5-14(16)10-12-7-11(2)8-13(9-12)15(17)18-3/h5-9H,4,10H2,1-3H3/b6-5+. The van der Waals surface area contributed by atoms with Crippen LogP contribution >= 0.6 is 0 Å². The summed E-state index contributed by atoms with van der Waals surface area (Å²) in [7, 11) is 1.33. The molecule has 0 fully saturated rings. The van der Waals surface area contributed by atoms with Gasteiger partial charge in [-0.1, -0.05) is 6.07 Å². The van der Waals surface area contributed by atoms with Gasteiger partial charge in [0, 0.05) is 12.5 Å². The molecule has 0 unspecified atom stereocenters. The highest BCUT2D eigenvalue weighted by Crippen LogP contribution is 2.12. The Kier molecular flexibility index (Phi) is 5.79. The molecular formula is C15H18O4. The van der Waals surface area contributed by atoms with Crippen molar-refractivity contribution in [2.75, 3.05) is 13.7 Å². The molecule has 0 amide bonds. The van der Waals surface area contributed by atoms with Crippen LogP contribution in [0.15, 0.2) is 30.5 Å². The summed E-state index contributed by atoms with van der Waals surface area (Å²) in [5, 5.41) is 0. The predicted octanol–water partition coefficient (Wildman–Crippen LogP) is 2.44. The van der Waals surface area contributed by atoms with Gasteiger partial charge in [0.15, 0.2) is 5.78 Å². The van der Waals surface area contributed by atoms with Crippen LogP contribution in [0.4, 0.5) is 0 Å². The zero-order chi connectivity index (χ0) is 14.3. The van der Waals surface area contributed by atoms with E-state index in [4.69, 9.17) is 4.74 Å². The number of benzene rings is 1. The molecule has 1 rings (SSSR count). The van der Waals surface area contributed by atoms with E-state index < -0.39 is 5.97 Å². The van der Waals surface area contributed by atoms with E-state index in [9.17, 15) is 9.59 Å². The van der Waals surface area contributed by atoms with Crippen molar-refractivity contribution in [2.45, 2.75) is 20.3 Å². The lowest BCUT2D eigenvalue weighted by Crippen LogP contribution is -2.05. The van der Waals surface area contributed by atoms with Crippen molar-refractivity contribution in [3.8, 4) is 0 Å². The number of aryl methyl sites for hydroxylation is 1. The van der Waals surface area contributed by atoms with Crippen LogP contribution in [0.2, 0.25) is 0 Å². The number of esters is 1. The first kappa shape index (κ1) is 15.0. The number of methoxy groups -OCH3 is 1. The largest absolute Gasteiger partial charge is 0.501 e. The number of hydrogen-bond acceptors (Lipinski definition) is 4. The SMILES string of the molecule is CCO/C=C/C(=O)Cc1cc(C)cc(C(=O)OC)c1. The van der Waals surface area contributed by atoms with Gasteiger partial charge in [-0.05, 0) is 37.1 Å². The summed E-state index contributed by atoms with van der Waals surface area (Å²) in [4.78, 5) is 23.1. The summed E-state index contributed by atoms with van der Waals surface area (Å²) in [5.41, 5.74) is 2.16. The molecule has 1 aromatic carbocycles. The van der Waals surface area contributed by atoms with E-state index in [2.05, 4.69) is 4.74 Å². The van der Waals surface area contributed by atoms with Crippen molar-refractivity contribution in [3.05, 3.63) is 47.2 Å². The molecule has 0 aromatic heterocycles. The molecule has 0 heterocycles. The van der Waals surface area contributed by atoms with Gasteiger partial charge in [-0.25, -0.2) is 4.79 Å². The highest BCUT2D eigenvalue weighted by molar-refractivity contribution is 5.93. The molecule has 1 aromatic rings. The highest BCUT2D eigenvalue weighted by Gasteiger charge is 2.09. The first-order chi connectivity index (χ1) is 9.06. The molecule has 0 aliphatic carbocycles. The fraction of sp³-hybridized carbons (Fsp3) is 0.333. The molecule has 0 aliphatic heterocycles. The zero-order valence-corrected chi connectivity index (χ0v) is 11.4. The van der Waals surface area contributed by atoms with E-state index >= 15 is 0 Å². The number of carbonyl (C=O) groups excluding carboxylic acids is 2. The molecule has 4 nitrogen and oxygen atoms in total. The lowest BCUT2D eigenvalue weighted by Gasteiger charge is -2.05. The van der Waals surface area contributed by atoms with Crippen molar-refractivity contribution in [1.82, 2.24) is 0 Å². The van der Waals surface area contributed by atoms with Gasteiger partial charge in [0.25, 0.3) is 0 Å². The Balaban J connectivity index is 2.81. The number of hydrogen-bond donors (Lipinski definition) is 0. The first-order valence-corrected chi connectivity index (χ1v) is 6.06. The Morgan fingerprint density at radius 2 is 2.00 bits per heavy atom. The van der Waals surface area contributed by atoms with Gasteiger partial charge in [-0.3, -0.25) is 4.79 Å². The lowest BCUT2D eigenvalue weighted by molar-refractivity contribution is -0.114. The fourth-order valence-electron chi connectivity index (χ4n) is 1.68. The molecule has 102 valence electrons. The van der Waals surface area contributed by atoms with Crippen LogP contribution in [0.1, 0.15) is 28.4 Å². The molecule has 19 heavy (non-hydrogen) atoms. The lowest BCUT2D eigenvalue weighted by atomic mass is 10.0. The Morgan fingerprint density at radius 1 is 1.26 bits per heavy atom. The van der Waals surface area contributed by atoms with Crippen LogP contribution in [0.3, 0.4) is 0 Å². The van der Waals surface area contributed by atoms with Crippen molar-refractivity contribution in [3.63, 3.8) is 0 Å². The van der Waals surface area contributed by atoms with Crippen LogP contribution in [0, 0.1) is 6.92 Å². The molecule has 0 aliphatic rings. The van der Waals surface area contributed by atoms with E-state index in [1.807, 2.05) is 19.9 Å². The minimum atomic E-state index is -0.401. The second-order valence-electron chi connectivity index (χ2n) is 4.10. The highest BCUT2D eigenvalue weighted by atomic mass is 16.5. The van der Waals surface area contributed by atoms with Gasteiger partial charge in [0.2, 0.25) is 0 Å². The fourth-order valence-corrected chi connectivity index (χ4v) is 1.68. The van der Waals surface area contributed by atoms with Crippen LogP contribution in [0.25, 0.3) is 0 Å². The van der Waals surface area contributed by atoms with E-state index in [1.54, 1.807) is 12.1 Å².